The highest BCUT2D eigenvalue weighted by Crippen LogP contribution is 2.30. The maximum absolute atomic E-state index is 2.66. The van der Waals surface area contributed by atoms with Crippen LogP contribution in [-0.4, -0.2) is 49.1 Å². The van der Waals surface area contributed by atoms with Gasteiger partial charge in [0.15, 0.2) is 0 Å². The average molecular weight is 244 g/mol. The number of fused-ring (bicyclic) bond motifs is 1. The summed E-state index contributed by atoms with van der Waals surface area (Å²) < 4.78 is 0. The lowest BCUT2D eigenvalue weighted by Gasteiger charge is -2.37. The molecule has 2 saturated heterocycles. The smallest absolute Gasteiger partial charge is 0.0249 e. The molecule has 1 aromatic rings. The Bertz CT molecular complexity index is 376. The molecular weight excluding hydrogens is 220 g/mol. The normalized spacial score (nSPS) is 29.4. The molecule has 0 aromatic heterocycles. The molecule has 2 unspecified atom stereocenters. The Morgan fingerprint density at radius 2 is 1.89 bits per heavy atom. The lowest BCUT2D eigenvalue weighted by Crippen LogP contribution is -2.47. The summed E-state index contributed by atoms with van der Waals surface area (Å²) in [6.45, 7) is 5.12. The number of likely N-dealkylation sites (tertiary alicyclic amines) is 2. The minimum absolute atomic E-state index is 0.828. The molecule has 2 atom stereocenters. The first-order chi connectivity index (χ1) is 8.83. The number of piperidine rings is 1. The van der Waals surface area contributed by atoms with E-state index in [0.29, 0.717) is 0 Å². The molecule has 3 rings (SSSR count). The molecule has 2 aliphatic rings. The van der Waals surface area contributed by atoms with Crippen molar-refractivity contribution in [3.05, 3.63) is 35.9 Å². The van der Waals surface area contributed by atoms with Gasteiger partial charge in [-0.05, 0) is 50.9 Å². The molecule has 0 aliphatic carbocycles. The van der Waals surface area contributed by atoms with E-state index in [0.717, 1.165) is 12.0 Å². The van der Waals surface area contributed by atoms with E-state index in [4.69, 9.17) is 0 Å². The van der Waals surface area contributed by atoms with Crippen LogP contribution in [0.2, 0.25) is 0 Å². The minimum Gasteiger partial charge on any atom is -0.302 e. The Hall–Kier alpha value is -0.860. The first-order valence-electron chi connectivity index (χ1n) is 7.29. The van der Waals surface area contributed by atoms with Crippen LogP contribution in [0.3, 0.4) is 0 Å². The van der Waals surface area contributed by atoms with E-state index >= 15 is 0 Å². The second-order valence-corrected chi connectivity index (χ2v) is 5.92. The van der Waals surface area contributed by atoms with E-state index in [1.807, 2.05) is 0 Å². The monoisotopic (exact) mass is 244 g/mol. The fourth-order valence-electron chi connectivity index (χ4n) is 3.55. The molecule has 2 aliphatic heterocycles. The van der Waals surface area contributed by atoms with Crippen LogP contribution in [0.15, 0.2) is 30.3 Å². The van der Waals surface area contributed by atoms with Gasteiger partial charge < -0.3 is 9.80 Å². The fraction of sp³-hybridized carbons (Fsp3) is 0.625. The first kappa shape index (κ1) is 12.2. The third-order valence-electron chi connectivity index (χ3n) is 4.78. The van der Waals surface area contributed by atoms with Gasteiger partial charge in [0.05, 0.1) is 0 Å². The number of likely N-dealkylation sites (N-methyl/N-ethyl adjacent to an activating group) is 1. The fourth-order valence-corrected chi connectivity index (χ4v) is 3.55. The first-order valence-corrected chi connectivity index (χ1v) is 7.29. The van der Waals surface area contributed by atoms with Crippen LogP contribution in [0.1, 0.15) is 18.4 Å². The summed E-state index contributed by atoms with van der Waals surface area (Å²) in [7, 11) is 2.30. The number of rotatable bonds is 3. The van der Waals surface area contributed by atoms with Crippen LogP contribution < -0.4 is 0 Å². The Balaban J connectivity index is 1.52. The lowest BCUT2D eigenvalue weighted by atomic mass is 9.92. The van der Waals surface area contributed by atoms with E-state index in [-0.39, 0.29) is 0 Å². The van der Waals surface area contributed by atoms with Gasteiger partial charge in [-0.2, -0.15) is 0 Å². The third kappa shape index (κ3) is 2.60. The van der Waals surface area contributed by atoms with E-state index < -0.39 is 0 Å². The topological polar surface area (TPSA) is 6.48 Å². The maximum Gasteiger partial charge on any atom is 0.0249 e. The largest absolute Gasteiger partial charge is 0.302 e. The quantitative estimate of drug-likeness (QED) is 0.804. The molecule has 2 heteroatoms. The Morgan fingerprint density at radius 3 is 2.72 bits per heavy atom. The van der Waals surface area contributed by atoms with Gasteiger partial charge in [0, 0.05) is 19.1 Å². The van der Waals surface area contributed by atoms with E-state index in [9.17, 15) is 0 Å². The summed E-state index contributed by atoms with van der Waals surface area (Å²) in [5, 5.41) is 0. The molecule has 2 fully saturated rings. The molecule has 0 spiro atoms. The Kier molecular flexibility index (Phi) is 3.67. The maximum atomic E-state index is 2.66. The zero-order valence-electron chi connectivity index (χ0n) is 11.4. The van der Waals surface area contributed by atoms with Crippen LogP contribution in [0.4, 0.5) is 0 Å². The van der Waals surface area contributed by atoms with Crippen molar-refractivity contribution in [2.75, 3.05) is 33.2 Å². The standard InChI is InChI=1S/C16H24N2/c1-17-10-8-15-9-12-18(13-16(15)17)11-7-14-5-3-2-4-6-14/h2-6,15-16H,7-13H2,1H3. The van der Waals surface area contributed by atoms with Gasteiger partial charge in [-0.1, -0.05) is 30.3 Å². The van der Waals surface area contributed by atoms with Crippen molar-refractivity contribution in [3.63, 3.8) is 0 Å². The molecular formula is C16H24N2. The van der Waals surface area contributed by atoms with Crippen molar-refractivity contribution in [2.24, 2.45) is 5.92 Å². The molecule has 1 aromatic carbocycles. The SMILES string of the molecule is CN1CCC2CCN(CCc3ccccc3)CC21. The second kappa shape index (κ2) is 5.41. The lowest BCUT2D eigenvalue weighted by molar-refractivity contribution is 0.120. The molecule has 2 heterocycles. The van der Waals surface area contributed by atoms with Gasteiger partial charge in [0.1, 0.15) is 0 Å². The second-order valence-electron chi connectivity index (χ2n) is 5.92. The number of benzene rings is 1. The minimum atomic E-state index is 0.828. The van der Waals surface area contributed by atoms with Crippen molar-refractivity contribution in [1.82, 2.24) is 9.80 Å². The third-order valence-corrected chi connectivity index (χ3v) is 4.78. The molecule has 98 valence electrons. The zero-order valence-corrected chi connectivity index (χ0v) is 11.4. The summed E-state index contributed by atoms with van der Waals surface area (Å²) >= 11 is 0. The van der Waals surface area contributed by atoms with Gasteiger partial charge in [-0.3, -0.25) is 0 Å². The summed E-state index contributed by atoms with van der Waals surface area (Å²) in [5.41, 5.74) is 1.47. The number of nitrogens with zero attached hydrogens (tertiary/aromatic N) is 2. The summed E-state index contributed by atoms with van der Waals surface area (Å²) in [6, 6.07) is 11.7. The molecule has 0 bridgehead atoms. The van der Waals surface area contributed by atoms with E-state index in [1.54, 1.807) is 0 Å². The van der Waals surface area contributed by atoms with Crippen LogP contribution >= 0.6 is 0 Å². The molecule has 2 nitrogen and oxygen atoms in total. The van der Waals surface area contributed by atoms with Gasteiger partial charge in [0.2, 0.25) is 0 Å². The van der Waals surface area contributed by atoms with Crippen LogP contribution in [-0.2, 0) is 6.42 Å². The average Bonchev–Trinajstić information content (AvgIpc) is 2.79. The number of hydrogen-bond donors (Lipinski definition) is 0. The zero-order chi connectivity index (χ0) is 12.4. The Morgan fingerprint density at radius 1 is 1.11 bits per heavy atom. The molecule has 0 N–H and O–H groups in total. The summed E-state index contributed by atoms with van der Waals surface area (Å²) in [5.74, 6) is 0.975. The van der Waals surface area contributed by atoms with Crippen molar-refractivity contribution in [3.8, 4) is 0 Å². The highest BCUT2D eigenvalue weighted by Gasteiger charge is 2.35. The van der Waals surface area contributed by atoms with Crippen molar-refractivity contribution >= 4 is 0 Å². The van der Waals surface area contributed by atoms with Gasteiger partial charge >= 0.3 is 0 Å². The van der Waals surface area contributed by atoms with Gasteiger partial charge in [0.25, 0.3) is 0 Å². The van der Waals surface area contributed by atoms with E-state index in [2.05, 4.69) is 47.2 Å². The molecule has 0 saturated carbocycles. The van der Waals surface area contributed by atoms with Crippen LogP contribution in [0.5, 0.6) is 0 Å². The Labute approximate surface area is 111 Å². The summed E-state index contributed by atoms with van der Waals surface area (Å²) in [6.07, 6.45) is 4.03. The van der Waals surface area contributed by atoms with Gasteiger partial charge in [-0.25, -0.2) is 0 Å². The predicted molar refractivity (Wildman–Crippen MR) is 75.7 cm³/mol. The molecule has 0 amide bonds. The highest BCUT2D eigenvalue weighted by molar-refractivity contribution is 5.14. The van der Waals surface area contributed by atoms with Crippen LogP contribution in [0.25, 0.3) is 0 Å². The van der Waals surface area contributed by atoms with Crippen molar-refractivity contribution < 1.29 is 0 Å². The summed E-state index contributed by atoms with van der Waals surface area (Å²) in [4.78, 5) is 5.23. The van der Waals surface area contributed by atoms with Crippen molar-refractivity contribution in [2.45, 2.75) is 25.3 Å². The van der Waals surface area contributed by atoms with Gasteiger partial charge in [-0.15, -0.1) is 0 Å². The molecule has 0 radical (unpaired) electrons. The predicted octanol–water partition coefficient (Wildman–Crippen LogP) is 2.26. The molecule has 18 heavy (non-hydrogen) atoms. The number of hydrogen-bond acceptors (Lipinski definition) is 2. The van der Waals surface area contributed by atoms with E-state index in [1.165, 1.54) is 51.0 Å². The van der Waals surface area contributed by atoms with Crippen LogP contribution in [0, 0.1) is 5.92 Å². The highest BCUT2D eigenvalue weighted by atomic mass is 15.2. The van der Waals surface area contributed by atoms with Crippen molar-refractivity contribution in [1.29, 1.82) is 0 Å².